The summed E-state index contributed by atoms with van der Waals surface area (Å²) in [5.41, 5.74) is 4.66. The first-order valence-electron chi connectivity index (χ1n) is 12.0. The lowest BCUT2D eigenvalue weighted by Crippen LogP contribution is -2.27. The number of aryl methyl sites for hydroxylation is 1. The monoisotopic (exact) mass is 487 g/mol. The highest BCUT2D eigenvalue weighted by Gasteiger charge is 2.33. The minimum atomic E-state index is -0.147. The lowest BCUT2D eigenvalue weighted by Gasteiger charge is -2.24. The Hall–Kier alpha value is -3.98. The first-order valence-corrected chi connectivity index (χ1v) is 12.0. The number of aromatic nitrogens is 2. The molecule has 1 aromatic carbocycles. The van der Waals surface area contributed by atoms with Gasteiger partial charge in [0.15, 0.2) is 0 Å². The Bertz CT molecular complexity index is 1310. The molecule has 0 radical (unpaired) electrons. The fraction of sp³-hybridized carbons (Fsp3) is 0.333. The van der Waals surface area contributed by atoms with Gasteiger partial charge in [0.05, 0.1) is 17.8 Å². The van der Waals surface area contributed by atoms with Crippen LogP contribution in [0.15, 0.2) is 42.5 Å². The molecule has 0 atom stereocenters. The molecule has 2 aromatic heterocycles. The zero-order valence-corrected chi connectivity index (χ0v) is 21.6. The molecule has 3 aromatic rings. The van der Waals surface area contributed by atoms with Crippen molar-refractivity contribution in [3.63, 3.8) is 0 Å². The summed E-state index contributed by atoms with van der Waals surface area (Å²) < 4.78 is 0. The van der Waals surface area contributed by atoms with Crippen molar-refractivity contribution in [1.82, 2.24) is 20.6 Å². The number of fused-ring (bicyclic) bond motifs is 1. The third kappa shape index (κ3) is 4.87. The van der Waals surface area contributed by atoms with Gasteiger partial charge in [-0.1, -0.05) is 12.1 Å². The molecule has 0 saturated heterocycles. The van der Waals surface area contributed by atoms with Gasteiger partial charge < -0.3 is 20.9 Å². The molecule has 3 heterocycles. The fourth-order valence-corrected chi connectivity index (χ4v) is 4.17. The van der Waals surface area contributed by atoms with Crippen molar-refractivity contribution in [2.24, 2.45) is 0 Å². The van der Waals surface area contributed by atoms with Gasteiger partial charge in [-0.25, -0.2) is 9.97 Å². The van der Waals surface area contributed by atoms with E-state index in [1.807, 2.05) is 57.4 Å². The third-order valence-electron chi connectivity index (χ3n) is 6.46. The zero-order chi connectivity index (χ0) is 26.0. The van der Waals surface area contributed by atoms with Crippen molar-refractivity contribution in [3.8, 4) is 0 Å². The van der Waals surface area contributed by atoms with Gasteiger partial charge >= 0.3 is 0 Å². The second kappa shape index (κ2) is 10.3. The zero-order valence-electron chi connectivity index (χ0n) is 21.6. The highest BCUT2D eigenvalue weighted by Crippen LogP contribution is 2.32. The van der Waals surface area contributed by atoms with Crippen molar-refractivity contribution in [2.75, 3.05) is 36.3 Å². The van der Waals surface area contributed by atoms with Gasteiger partial charge in [-0.15, -0.1) is 0 Å². The number of rotatable bonds is 8. The van der Waals surface area contributed by atoms with Crippen LogP contribution in [0.2, 0.25) is 0 Å². The molecule has 1 aliphatic rings. The number of amides is 2. The largest absolute Gasteiger partial charge is 0.357 e. The minimum Gasteiger partial charge on any atom is -0.357 e. The van der Waals surface area contributed by atoms with Crippen LogP contribution in [0.4, 0.5) is 23.1 Å². The van der Waals surface area contributed by atoms with Crippen molar-refractivity contribution < 1.29 is 9.59 Å². The van der Waals surface area contributed by atoms with Gasteiger partial charge in [-0.3, -0.25) is 14.5 Å². The first-order chi connectivity index (χ1) is 17.2. The van der Waals surface area contributed by atoms with Crippen LogP contribution in [-0.4, -0.2) is 49.0 Å². The maximum Gasteiger partial charge on any atom is 0.260 e. The van der Waals surface area contributed by atoms with E-state index in [1.165, 1.54) is 0 Å². The standard InChI is InChI=1S/C27H33N7O2/c1-16(2)33(6)25-13-20-21(22(31-25)14-28-4)15-34(27(20)36)24-9-7-8-23(32-24)30-18-11-10-17(3)19(12-18)26(35)29-5/h7-13,16,28H,14-15H2,1-6H3,(H,29,35)(H,30,32). The Balaban J connectivity index is 1.63. The summed E-state index contributed by atoms with van der Waals surface area (Å²) in [5.74, 6) is 1.67. The van der Waals surface area contributed by atoms with E-state index in [1.54, 1.807) is 18.0 Å². The molecule has 9 nitrogen and oxygen atoms in total. The van der Waals surface area contributed by atoms with Crippen LogP contribution in [0.1, 0.15) is 51.4 Å². The molecule has 2 amide bonds. The lowest BCUT2D eigenvalue weighted by atomic mass is 10.1. The van der Waals surface area contributed by atoms with Crippen LogP contribution in [0.3, 0.4) is 0 Å². The molecule has 0 unspecified atom stereocenters. The molecule has 0 fully saturated rings. The number of pyridine rings is 2. The number of carbonyl (C=O) groups is 2. The molecule has 0 spiro atoms. The summed E-state index contributed by atoms with van der Waals surface area (Å²) in [5, 5.41) is 9.10. The summed E-state index contributed by atoms with van der Waals surface area (Å²) in [7, 11) is 5.47. The average Bonchev–Trinajstić information content (AvgIpc) is 3.21. The third-order valence-corrected chi connectivity index (χ3v) is 6.46. The molecule has 4 rings (SSSR count). The number of nitrogens with one attached hydrogen (secondary N) is 3. The summed E-state index contributed by atoms with van der Waals surface area (Å²) in [6.45, 7) is 7.06. The van der Waals surface area contributed by atoms with E-state index in [0.717, 1.165) is 28.3 Å². The van der Waals surface area contributed by atoms with Gasteiger partial charge in [0.25, 0.3) is 11.8 Å². The Labute approximate surface area is 211 Å². The Morgan fingerprint density at radius 1 is 1.14 bits per heavy atom. The summed E-state index contributed by atoms with van der Waals surface area (Å²) >= 11 is 0. The number of carbonyl (C=O) groups excluding carboxylic acids is 2. The Morgan fingerprint density at radius 3 is 2.61 bits per heavy atom. The van der Waals surface area contributed by atoms with E-state index < -0.39 is 0 Å². The molecule has 3 N–H and O–H groups in total. The van der Waals surface area contributed by atoms with E-state index in [2.05, 4.69) is 34.7 Å². The van der Waals surface area contributed by atoms with Crippen LogP contribution in [0.25, 0.3) is 0 Å². The average molecular weight is 488 g/mol. The van der Waals surface area contributed by atoms with Gasteiger partial charge in [-0.2, -0.15) is 0 Å². The van der Waals surface area contributed by atoms with Crippen molar-refractivity contribution in [2.45, 2.75) is 39.9 Å². The fourth-order valence-electron chi connectivity index (χ4n) is 4.17. The van der Waals surface area contributed by atoms with E-state index in [9.17, 15) is 9.59 Å². The second-order valence-electron chi connectivity index (χ2n) is 9.19. The molecule has 0 aliphatic carbocycles. The molecule has 1 aliphatic heterocycles. The lowest BCUT2D eigenvalue weighted by molar-refractivity contribution is 0.0960. The number of nitrogens with zero attached hydrogens (tertiary/aromatic N) is 4. The summed E-state index contributed by atoms with van der Waals surface area (Å²) in [4.78, 5) is 39.0. The predicted octanol–water partition coefficient (Wildman–Crippen LogP) is 3.61. The quantitative estimate of drug-likeness (QED) is 0.446. The molecular formula is C27H33N7O2. The topological polar surface area (TPSA) is 102 Å². The maximum atomic E-state index is 13.5. The smallest absolute Gasteiger partial charge is 0.260 e. The Kier molecular flexibility index (Phi) is 7.21. The van der Waals surface area contributed by atoms with Crippen LogP contribution >= 0.6 is 0 Å². The van der Waals surface area contributed by atoms with Gasteiger partial charge in [-0.05, 0) is 63.7 Å². The maximum absolute atomic E-state index is 13.5. The number of hydrogen-bond donors (Lipinski definition) is 3. The van der Waals surface area contributed by atoms with Gasteiger partial charge in [0.2, 0.25) is 0 Å². The van der Waals surface area contributed by atoms with Crippen LogP contribution in [0.5, 0.6) is 0 Å². The van der Waals surface area contributed by atoms with Gasteiger partial charge in [0.1, 0.15) is 17.5 Å². The molecule has 188 valence electrons. The van der Waals surface area contributed by atoms with Crippen molar-refractivity contribution in [1.29, 1.82) is 0 Å². The van der Waals surface area contributed by atoms with Crippen molar-refractivity contribution in [3.05, 3.63) is 70.4 Å². The molecule has 0 bridgehead atoms. The highest BCUT2D eigenvalue weighted by molar-refractivity contribution is 6.10. The van der Waals surface area contributed by atoms with E-state index >= 15 is 0 Å². The number of benzene rings is 1. The SMILES string of the molecule is CNCc1nc(N(C)C(C)C)cc2c1CN(c1cccc(Nc3ccc(C)c(C(=O)NC)c3)n1)C2=O. The van der Waals surface area contributed by atoms with Crippen LogP contribution in [0, 0.1) is 6.92 Å². The predicted molar refractivity (Wildman–Crippen MR) is 143 cm³/mol. The first kappa shape index (κ1) is 25.1. The van der Waals surface area contributed by atoms with Crippen LogP contribution < -0.4 is 25.8 Å². The number of anilines is 4. The van der Waals surface area contributed by atoms with Crippen molar-refractivity contribution >= 4 is 35.0 Å². The molecule has 9 heteroatoms. The minimum absolute atomic E-state index is 0.0925. The molecular weight excluding hydrogens is 454 g/mol. The molecule has 36 heavy (non-hydrogen) atoms. The van der Waals surface area contributed by atoms with E-state index in [0.29, 0.717) is 35.9 Å². The number of hydrogen-bond acceptors (Lipinski definition) is 7. The van der Waals surface area contributed by atoms with Crippen LogP contribution in [-0.2, 0) is 13.1 Å². The van der Waals surface area contributed by atoms with Gasteiger partial charge in [0, 0.05) is 43.5 Å². The second-order valence-corrected chi connectivity index (χ2v) is 9.19. The highest BCUT2D eigenvalue weighted by atomic mass is 16.2. The Morgan fingerprint density at radius 2 is 1.92 bits per heavy atom. The summed E-state index contributed by atoms with van der Waals surface area (Å²) in [6.07, 6.45) is 0. The van der Waals surface area contributed by atoms with E-state index in [-0.39, 0.29) is 17.9 Å². The van der Waals surface area contributed by atoms with E-state index in [4.69, 9.17) is 9.97 Å². The molecule has 0 saturated carbocycles. The normalized spacial score (nSPS) is 12.6. The summed E-state index contributed by atoms with van der Waals surface area (Å²) in [6, 6.07) is 13.2.